The molecule has 0 spiro atoms. The van der Waals surface area contributed by atoms with E-state index in [-0.39, 0.29) is 4.90 Å². The van der Waals surface area contributed by atoms with Gasteiger partial charge in [0.1, 0.15) is 6.04 Å². The van der Waals surface area contributed by atoms with Gasteiger partial charge in [-0.05, 0) is 51.2 Å². The summed E-state index contributed by atoms with van der Waals surface area (Å²) < 4.78 is 32.2. The molecule has 1 aromatic rings. The smallest absolute Gasteiger partial charge is 0.324 e. The van der Waals surface area contributed by atoms with Gasteiger partial charge in [0.15, 0.2) is 0 Å². The molecule has 1 saturated carbocycles. The van der Waals surface area contributed by atoms with E-state index in [2.05, 4.69) is 4.72 Å². The number of sulfonamides is 1. The number of carbonyl (C=O) groups is 1. The number of allylic oxidation sites excluding steroid dienone is 1. The summed E-state index contributed by atoms with van der Waals surface area (Å²) in [6.45, 7) is 1.89. The van der Waals surface area contributed by atoms with Crippen LogP contribution in [-0.2, 0) is 19.6 Å². The van der Waals surface area contributed by atoms with Crippen LogP contribution in [0.2, 0.25) is 0 Å². The van der Waals surface area contributed by atoms with Crippen LogP contribution in [0.5, 0.6) is 0 Å². The second kappa shape index (κ2) is 8.44. The molecule has 0 radical (unpaired) electrons. The second-order valence-electron chi connectivity index (χ2n) is 6.17. The highest BCUT2D eigenvalue weighted by Gasteiger charge is 2.25. The first-order chi connectivity index (χ1) is 11.4. The maximum Gasteiger partial charge on any atom is 0.324 e. The monoisotopic (exact) mass is 351 g/mol. The Morgan fingerprint density at radius 3 is 2.42 bits per heavy atom. The Morgan fingerprint density at radius 1 is 1.21 bits per heavy atom. The average molecular weight is 351 g/mol. The summed E-state index contributed by atoms with van der Waals surface area (Å²) in [5, 5.41) is 0. The van der Waals surface area contributed by atoms with E-state index in [0.29, 0.717) is 6.42 Å². The molecule has 1 aliphatic carbocycles. The van der Waals surface area contributed by atoms with E-state index in [1.54, 1.807) is 12.1 Å². The minimum absolute atomic E-state index is 0.146. The lowest BCUT2D eigenvalue weighted by atomic mass is 9.93. The summed E-state index contributed by atoms with van der Waals surface area (Å²) in [6, 6.07) is 5.62. The number of aryl methyl sites for hydroxylation is 1. The van der Waals surface area contributed by atoms with Gasteiger partial charge >= 0.3 is 5.97 Å². The quantitative estimate of drug-likeness (QED) is 0.631. The minimum atomic E-state index is -3.76. The van der Waals surface area contributed by atoms with Gasteiger partial charge in [0.2, 0.25) is 10.0 Å². The van der Waals surface area contributed by atoms with Gasteiger partial charge in [-0.2, -0.15) is 4.72 Å². The van der Waals surface area contributed by atoms with Crippen LogP contribution in [0.1, 0.15) is 44.1 Å². The van der Waals surface area contributed by atoms with Gasteiger partial charge in [-0.1, -0.05) is 35.8 Å². The van der Waals surface area contributed by atoms with Gasteiger partial charge in [0, 0.05) is 0 Å². The van der Waals surface area contributed by atoms with E-state index in [1.807, 2.05) is 13.0 Å². The molecule has 0 bridgehead atoms. The third-order valence-corrected chi connectivity index (χ3v) is 5.74. The van der Waals surface area contributed by atoms with Crippen molar-refractivity contribution in [3.05, 3.63) is 41.5 Å². The molecule has 0 amide bonds. The number of esters is 1. The van der Waals surface area contributed by atoms with Crippen LogP contribution < -0.4 is 4.72 Å². The lowest BCUT2D eigenvalue weighted by molar-refractivity contribution is -0.142. The summed E-state index contributed by atoms with van der Waals surface area (Å²) >= 11 is 0. The van der Waals surface area contributed by atoms with E-state index in [0.717, 1.165) is 31.2 Å². The topological polar surface area (TPSA) is 72.5 Å². The molecule has 6 heteroatoms. The van der Waals surface area contributed by atoms with Crippen molar-refractivity contribution in [2.75, 3.05) is 7.11 Å². The summed E-state index contributed by atoms with van der Waals surface area (Å²) in [5.74, 6) is -0.571. The van der Waals surface area contributed by atoms with Gasteiger partial charge in [-0.3, -0.25) is 4.79 Å². The van der Waals surface area contributed by atoms with E-state index in [4.69, 9.17) is 4.74 Å². The molecule has 2 rings (SSSR count). The van der Waals surface area contributed by atoms with Gasteiger partial charge in [0.25, 0.3) is 0 Å². The van der Waals surface area contributed by atoms with Gasteiger partial charge in [0.05, 0.1) is 12.0 Å². The molecular weight excluding hydrogens is 326 g/mol. The van der Waals surface area contributed by atoms with Gasteiger partial charge < -0.3 is 4.74 Å². The number of nitrogens with one attached hydrogen (secondary N) is 1. The largest absolute Gasteiger partial charge is 0.468 e. The second-order valence-corrected chi connectivity index (χ2v) is 7.88. The molecule has 0 aliphatic heterocycles. The summed E-state index contributed by atoms with van der Waals surface area (Å²) in [6.07, 6.45) is 7.90. The lowest BCUT2D eigenvalue weighted by Gasteiger charge is -2.18. The maximum absolute atomic E-state index is 12.5. The minimum Gasteiger partial charge on any atom is -0.468 e. The first-order valence-corrected chi connectivity index (χ1v) is 9.75. The van der Waals surface area contributed by atoms with E-state index in [1.165, 1.54) is 31.2 Å². The lowest BCUT2D eigenvalue weighted by Crippen LogP contribution is -2.41. The fraction of sp³-hybridized carbons (Fsp3) is 0.500. The number of methoxy groups -OCH3 is 1. The first-order valence-electron chi connectivity index (χ1n) is 8.27. The molecule has 1 unspecified atom stereocenters. The third-order valence-electron chi connectivity index (χ3n) is 4.25. The standard InChI is InChI=1S/C18H25NO4S/c1-14-8-11-16(12-9-14)24(21,22)19-17(18(20)23-2)13-10-15-6-4-3-5-7-15/h8-12,17,19H,3-7,13H2,1-2H3. The molecule has 132 valence electrons. The number of rotatable bonds is 6. The van der Waals surface area contributed by atoms with E-state index in [9.17, 15) is 13.2 Å². The van der Waals surface area contributed by atoms with E-state index < -0.39 is 22.0 Å². The normalized spacial score (nSPS) is 16.5. The Bertz CT molecular complexity index is 684. The van der Waals surface area contributed by atoms with Crippen molar-refractivity contribution < 1.29 is 17.9 Å². The van der Waals surface area contributed by atoms with Crippen LogP contribution in [0, 0.1) is 6.92 Å². The summed E-state index contributed by atoms with van der Waals surface area (Å²) in [5.41, 5.74) is 2.27. The van der Waals surface area contributed by atoms with Crippen LogP contribution in [0.3, 0.4) is 0 Å². The van der Waals surface area contributed by atoms with Crippen molar-refractivity contribution in [1.82, 2.24) is 4.72 Å². The average Bonchev–Trinajstić information content (AvgIpc) is 2.59. The predicted molar refractivity (Wildman–Crippen MR) is 93.1 cm³/mol. The third kappa shape index (κ3) is 5.18. The number of benzene rings is 1. The molecule has 1 aromatic carbocycles. The Morgan fingerprint density at radius 2 is 1.83 bits per heavy atom. The zero-order chi connectivity index (χ0) is 17.6. The highest BCUT2D eigenvalue weighted by molar-refractivity contribution is 7.89. The number of hydrogen-bond acceptors (Lipinski definition) is 4. The summed E-state index contributed by atoms with van der Waals surface area (Å²) in [4.78, 5) is 12.1. The number of hydrogen-bond donors (Lipinski definition) is 1. The van der Waals surface area contributed by atoms with Crippen molar-refractivity contribution >= 4 is 16.0 Å². The predicted octanol–water partition coefficient (Wildman–Crippen LogP) is 3.10. The fourth-order valence-electron chi connectivity index (χ4n) is 2.80. The molecule has 1 atom stereocenters. The maximum atomic E-state index is 12.5. The molecule has 1 aliphatic rings. The molecule has 0 heterocycles. The van der Waals surface area contributed by atoms with Crippen LogP contribution in [-0.4, -0.2) is 27.5 Å². The highest BCUT2D eigenvalue weighted by atomic mass is 32.2. The van der Waals surface area contributed by atoms with Gasteiger partial charge in [-0.15, -0.1) is 0 Å². The van der Waals surface area contributed by atoms with Crippen molar-refractivity contribution in [1.29, 1.82) is 0 Å². The first kappa shape index (κ1) is 18.7. The van der Waals surface area contributed by atoms with Crippen molar-refractivity contribution in [3.63, 3.8) is 0 Å². The number of carbonyl (C=O) groups excluding carboxylic acids is 1. The highest BCUT2D eigenvalue weighted by Crippen LogP contribution is 2.23. The zero-order valence-corrected chi connectivity index (χ0v) is 15.1. The van der Waals surface area contributed by atoms with Crippen LogP contribution in [0.4, 0.5) is 0 Å². The Hall–Kier alpha value is -1.66. The molecule has 5 nitrogen and oxygen atoms in total. The zero-order valence-electron chi connectivity index (χ0n) is 14.2. The molecule has 24 heavy (non-hydrogen) atoms. The van der Waals surface area contributed by atoms with Crippen LogP contribution in [0.25, 0.3) is 0 Å². The molecule has 1 N–H and O–H groups in total. The Balaban J connectivity index is 2.12. The molecule has 1 fully saturated rings. The van der Waals surface area contributed by atoms with E-state index >= 15 is 0 Å². The van der Waals surface area contributed by atoms with Gasteiger partial charge in [-0.25, -0.2) is 8.42 Å². The molecule has 0 aromatic heterocycles. The number of ether oxygens (including phenoxy) is 1. The summed E-state index contributed by atoms with van der Waals surface area (Å²) in [7, 11) is -2.50. The van der Waals surface area contributed by atoms with Crippen LogP contribution >= 0.6 is 0 Å². The fourth-order valence-corrected chi connectivity index (χ4v) is 4.00. The SMILES string of the molecule is COC(=O)C(CC=C1CCCCC1)NS(=O)(=O)c1ccc(C)cc1. The Kier molecular flexibility index (Phi) is 6.57. The Labute approximate surface area is 144 Å². The molecular formula is C18H25NO4S. The van der Waals surface area contributed by atoms with Crippen molar-refractivity contribution in [2.45, 2.75) is 56.4 Å². The van der Waals surface area contributed by atoms with Crippen LogP contribution in [0.15, 0.2) is 40.8 Å². The van der Waals surface area contributed by atoms with Crippen molar-refractivity contribution in [3.8, 4) is 0 Å². The molecule has 0 saturated heterocycles. The van der Waals surface area contributed by atoms with Crippen molar-refractivity contribution in [2.24, 2.45) is 0 Å².